The minimum absolute atomic E-state index is 0.0284. The van der Waals surface area contributed by atoms with Crippen LogP contribution in [-0.4, -0.2) is 44.0 Å². The van der Waals surface area contributed by atoms with Crippen molar-refractivity contribution in [3.05, 3.63) is 23.8 Å². The second-order valence-electron chi connectivity index (χ2n) is 7.11. The standard InChI is InChI=1S/C18H27F3N2O/c1-13(2)12-22-7-9-23(10-8-22)15-5-6-16(14(3)4)17(11-15)24-18(19,20)21/h5-6,11,13-14H,7-10,12H2,1-4H3. The highest BCUT2D eigenvalue weighted by atomic mass is 19.4. The Balaban J connectivity index is 2.12. The maximum Gasteiger partial charge on any atom is 0.573 e. The first-order valence-electron chi connectivity index (χ1n) is 8.52. The van der Waals surface area contributed by atoms with Crippen LogP contribution in [-0.2, 0) is 0 Å². The second-order valence-corrected chi connectivity index (χ2v) is 7.11. The molecule has 1 heterocycles. The fraction of sp³-hybridized carbons (Fsp3) is 0.667. The van der Waals surface area contributed by atoms with Gasteiger partial charge in [-0.1, -0.05) is 33.8 Å². The van der Waals surface area contributed by atoms with Crippen molar-refractivity contribution in [1.29, 1.82) is 0 Å². The molecule has 0 radical (unpaired) electrons. The van der Waals surface area contributed by atoms with Crippen molar-refractivity contribution in [2.45, 2.75) is 40.0 Å². The van der Waals surface area contributed by atoms with E-state index in [0.29, 0.717) is 11.5 Å². The summed E-state index contributed by atoms with van der Waals surface area (Å²) in [6.07, 6.45) is -4.67. The fourth-order valence-electron chi connectivity index (χ4n) is 3.11. The van der Waals surface area contributed by atoms with Crippen LogP contribution in [0.15, 0.2) is 18.2 Å². The number of piperazine rings is 1. The maximum atomic E-state index is 12.7. The van der Waals surface area contributed by atoms with Gasteiger partial charge in [0, 0.05) is 44.5 Å². The summed E-state index contributed by atoms with van der Waals surface area (Å²) in [6, 6.07) is 5.18. The molecular weight excluding hydrogens is 317 g/mol. The third-order valence-corrected chi connectivity index (χ3v) is 4.21. The lowest BCUT2D eigenvalue weighted by molar-refractivity contribution is -0.274. The Kier molecular flexibility index (Phi) is 6.01. The van der Waals surface area contributed by atoms with Gasteiger partial charge in [-0.25, -0.2) is 0 Å². The molecule has 1 aromatic rings. The first-order chi connectivity index (χ1) is 11.2. The Morgan fingerprint density at radius 1 is 1.04 bits per heavy atom. The van der Waals surface area contributed by atoms with Crippen molar-refractivity contribution in [3.8, 4) is 5.75 Å². The Morgan fingerprint density at radius 2 is 1.67 bits per heavy atom. The van der Waals surface area contributed by atoms with Crippen LogP contribution in [0.2, 0.25) is 0 Å². The Morgan fingerprint density at radius 3 is 2.17 bits per heavy atom. The van der Waals surface area contributed by atoms with Crippen LogP contribution in [0, 0.1) is 5.92 Å². The van der Waals surface area contributed by atoms with Crippen LogP contribution in [0.4, 0.5) is 18.9 Å². The van der Waals surface area contributed by atoms with E-state index >= 15 is 0 Å². The summed E-state index contributed by atoms with van der Waals surface area (Å²) < 4.78 is 42.3. The van der Waals surface area contributed by atoms with Gasteiger partial charge in [-0.3, -0.25) is 4.90 Å². The lowest BCUT2D eigenvalue weighted by Gasteiger charge is -2.37. The van der Waals surface area contributed by atoms with E-state index in [-0.39, 0.29) is 11.7 Å². The van der Waals surface area contributed by atoms with Gasteiger partial charge in [0.15, 0.2) is 0 Å². The largest absolute Gasteiger partial charge is 0.573 e. The topological polar surface area (TPSA) is 15.7 Å². The first-order valence-corrected chi connectivity index (χ1v) is 8.52. The molecule has 0 bridgehead atoms. The summed E-state index contributed by atoms with van der Waals surface area (Å²) in [6.45, 7) is 12.7. The molecule has 24 heavy (non-hydrogen) atoms. The summed E-state index contributed by atoms with van der Waals surface area (Å²) in [5.41, 5.74) is 1.37. The van der Waals surface area contributed by atoms with Crippen molar-refractivity contribution < 1.29 is 17.9 Å². The first kappa shape index (κ1) is 18.9. The van der Waals surface area contributed by atoms with Gasteiger partial charge < -0.3 is 9.64 Å². The minimum Gasteiger partial charge on any atom is -0.405 e. The van der Waals surface area contributed by atoms with Crippen molar-refractivity contribution in [2.24, 2.45) is 5.92 Å². The van der Waals surface area contributed by atoms with Gasteiger partial charge in [0.1, 0.15) is 5.75 Å². The van der Waals surface area contributed by atoms with Crippen LogP contribution in [0.1, 0.15) is 39.2 Å². The van der Waals surface area contributed by atoms with Gasteiger partial charge in [0.05, 0.1) is 0 Å². The fourth-order valence-corrected chi connectivity index (χ4v) is 3.11. The molecule has 3 nitrogen and oxygen atoms in total. The molecule has 1 aliphatic heterocycles. The number of anilines is 1. The third-order valence-electron chi connectivity index (χ3n) is 4.21. The molecule has 2 rings (SSSR count). The molecule has 0 spiro atoms. The predicted octanol–water partition coefficient (Wildman–Crippen LogP) is 4.49. The molecule has 1 aromatic carbocycles. The van der Waals surface area contributed by atoms with E-state index in [1.807, 2.05) is 19.9 Å². The molecule has 0 N–H and O–H groups in total. The van der Waals surface area contributed by atoms with Crippen LogP contribution >= 0.6 is 0 Å². The highest BCUT2D eigenvalue weighted by Gasteiger charge is 2.33. The minimum atomic E-state index is -4.67. The molecule has 0 unspecified atom stereocenters. The van der Waals surface area contributed by atoms with Gasteiger partial charge in [-0.15, -0.1) is 13.2 Å². The van der Waals surface area contributed by atoms with E-state index in [4.69, 9.17) is 0 Å². The molecule has 1 fully saturated rings. The van der Waals surface area contributed by atoms with Gasteiger partial charge in [0.2, 0.25) is 0 Å². The quantitative estimate of drug-likeness (QED) is 0.783. The smallest absolute Gasteiger partial charge is 0.405 e. The SMILES string of the molecule is CC(C)CN1CCN(c2ccc(C(C)C)c(OC(F)(F)F)c2)CC1. The van der Waals surface area contributed by atoms with Crippen molar-refractivity contribution in [2.75, 3.05) is 37.6 Å². The van der Waals surface area contributed by atoms with Gasteiger partial charge in [-0.2, -0.15) is 0 Å². The second kappa shape index (κ2) is 7.64. The number of rotatable bonds is 5. The summed E-state index contributed by atoms with van der Waals surface area (Å²) in [5, 5.41) is 0. The van der Waals surface area contributed by atoms with E-state index in [1.165, 1.54) is 6.07 Å². The summed E-state index contributed by atoms with van der Waals surface area (Å²) in [4.78, 5) is 4.53. The molecule has 0 saturated carbocycles. The molecule has 1 aliphatic rings. The molecule has 0 atom stereocenters. The zero-order valence-corrected chi connectivity index (χ0v) is 14.9. The van der Waals surface area contributed by atoms with E-state index < -0.39 is 6.36 Å². The number of benzene rings is 1. The average Bonchev–Trinajstić information content (AvgIpc) is 2.45. The van der Waals surface area contributed by atoms with Crippen LogP contribution in [0.25, 0.3) is 0 Å². The number of hydrogen-bond donors (Lipinski definition) is 0. The third kappa shape index (κ3) is 5.30. The van der Waals surface area contributed by atoms with Crippen LogP contribution < -0.4 is 9.64 Å². The molecular formula is C18H27F3N2O. The van der Waals surface area contributed by atoms with Crippen molar-refractivity contribution in [3.63, 3.8) is 0 Å². The summed E-state index contributed by atoms with van der Waals surface area (Å²) >= 11 is 0. The number of ether oxygens (including phenoxy) is 1. The zero-order valence-electron chi connectivity index (χ0n) is 14.9. The predicted molar refractivity (Wildman–Crippen MR) is 90.7 cm³/mol. The van der Waals surface area contributed by atoms with E-state index in [9.17, 15) is 13.2 Å². The van der Waals surface area contributed by atoms with Crippen LogP contribution in [0.5, 0.6) is 5.75 Å². The lowest BCUT2D eigenvalue weighted by atomic mass is 10.0. The van der Waals surface area contributed by atoms with E-state index in [2.05, 4.69) is 28.4 Å². The van der Waals surface area contributed by atoms with E-state index in [0.717, 1.165) is 38.4 Å². The monoisotopic (exact) mass is 344 g/mol. The van der Waals surface area contributed by atoms with Crippen LogP contribution in [0.3, 0.4) is 0 Å². The molecule has 0 aromatic heterocycles. The average molecular weight is 344 g/mol. The normalized spacial score (nSPS) is 17.0. The molecule has 6 heteroatoms. The highest BCUT2D eigenvalue weighted by Crippen LogP contribution is 2.34. The van der Waals surface area contributed by atoms with Gasteiger partial charge >= 0.3 is 6.36 Å². The molecule has 136 valence electrons. The summed E-state index contributed by atoms with van der Waals surface area (Å²) in [7, 11) is 0. The molecule has 1 saturated heterocycles. The molecule has 0 amide bonds. The van der Waals surface area contributed by atoms with E-state index in [1.54, 1.807) is 6.07 Å². The highest BCUT2D eigenvalue weighted by molar-refractivity contribution is 5.55. The summed E-state index contributed by atoms with van der Waals surface area (Å²) in [5.74, 6) is 0.507. The lowest BCUT2D eigenvalue weighted by Crippen LogP contribution is -2.47. The number of alkyl halides is 3. The van der Waals surface area contributed by atoms with Crippen molar-refractivity contribution >= 4 is 5.69 Å². The van der Waals surface area contributed by atoms with Gasteiger partial charge in [-0.05, 0) is 23.5 Å². The zero-order chi connectivity index (χ0) is 17.9. The van der Waals surface area contributed by atoms with Crippen molar-refractivity contribution in [1.82, 2.24) is 4.90 Å². The molecule has 0 aliphatic carbocycles. The maximum absolute atomic E-state index is 12.7. The number of halogens is 3. The Labute approximate surface area is 142 Å². The Hall–Kier alpha value is -1.43. The number of nitrogens with zero attached hydrogens (tertiary/aromatic N) is 2. The Bertz CT molecular complexity index is 536. The number of hydrogen-bond acceptors (Lipinski definition) is 3. The van der Waals surface area contributed by atoms with Gasteiger partial charge in [0.25, 0.3) is 0 Å².